The first-order chi connectivity index (χ1) is 22.2. The Morgan fingerprint density at radius 1 is 0.935 bits per heavy atom. The minimum Gasteiger partial charge on any atom is -0.496 e. The molecule has 1 saturated heterocycles. The Labute approximate surface area is 266 Å². The number of pyridine rings is 1. The Kier molecular flexibility index (Phi) is 6.57. The van der Waals surface area contributed by atoms with E-state index >= 15 is 0 Å². The van der Waals surface area contributed by atoms with Crippen molar-refractivity contribution < 1.29 is 19.1 Å². The number of piperidine rings is 1. The van der Waals surface area contributed by atoms with E-state index in [0.717, 1.165) is 58.7 Å². The number of likely N-dealkylation sites (tertiary alicyclic amines) is 1. The number of amides is 2. The predicted molar refractivity (Wildman–Crippen MR) is 175 cm³/mol. The Morgan fingerprint density at radius 2 is 1.72 bits per heavy atom. The third-order valence-electron chi connectivity index (χ3n) is 10.2. The Hall–Kier alpha value is -4.90. The summed E-state index contributed by atoms with van der Waals surface area (Å²) in [4.78, 5) is 37.7. The van der Waals surface area contributed by atoms with Gasteiger partial charge in [0.1, 0.15) is 22.7 Å². The van der Waals surface area contributed by atoms with Crippen molar-refractivity contribution in [2.75, 3.05) is 20.8 Å². The summed E-state index contributed by atoms with van der Waals surface area (Å²) in [6.07, 6.45) is 4.38. The van der Waals surface area contributed by atoms with E-state index in [-0.39, 0.29) is 18.0 Å². The normalized spacial score (nSPS) is 20.6. The molecule has 2 aliphatic carbocycles. The zero-order chi connectivity index (χ0) is 31.9. The molecule has 2 bridgehead atoms. The van der Waals surface area contributed by atoms with Crippen molar-refractivity contribution in [2.45, 2.75) is 44.3 Å². The van der Waals surface area contributed by atoms with E-state index in [1.165, 1.54) is 12.8 Å². The third kappa shape index (κ3) is 4.44. The maximum absolute atomic E-state index is 13.7. The highest BCUT2D eigenvalue weighted by molar-refractivity contribution is 6.00. The first-order valence-corrected chi connectivity index (χ1v) is 15.9. The zero-order valence-electron chi connectivity index (χ0n) is 26.2. The fourth-order valence-electron chi connectivity index (χ4n) is 7.53. The molecule has 0 unspecified atom stereocenters. The number of methoxy groups -OCH3 is 2. The van der Waals surface area contributed by atoms with Gasteiger partial charge in [0.2, 0.25) is 5.91 Å². The maximum atomic E-state index is 13.7. The van der Waals surface area contributed by atoms with Gasteiger partial charge in [0.05, 0.1) is 31.1 Å². The van der Waals surface area contributed by atoms with Crippen LogP contribution in [0, 0.1) is 11.8 Å². The first kappa shape index (κ1) is 28.6. The van der Waals surface area contributed by atoms with Gasteiger partial charge in [-0.2, -0.15) is 0 Å². The second-order valence-electron chi connectivity index (χ2n) is 13.0. The molecule has 3 aromatic heterocycles. The molecular weight excluding hydrogens is 582 g/mol. The number of primary amides is 1. The van der Waals surface area contributed by atoms with Crippen LogP contribution in [0.2, 0.25) is 0 Å². The van der Waals surface area contributed by atoms with Crippen LogP contribution in [0.3, 0.4) is 0 Å². The van der Waals surface area contributed by atoms with Crippen LogP contribution in [0.15, 0.2) is 48.5 Å². The molecule has 4 heterocycles. The lowest BCUT2D eigenvalue weighted by atomic mass is 10.1. The molecular formula is C35H37N7O4. The van der Waals surface area contributed by atoms with Crippen molar-refractivity contribution >= 4 is 33.9 Å². The molecule has 1 aliphatic heterocycles. The van der Waals surface area contributed by atoms with Crippen molar-refractivity contribution in [3.8, 4) is 34.3 Å². The van der Waals surface area contributed by atoms with E-state index in [0.29, 0.717) is 46.5 Å². The molecule has 2 amide bonds. The van der Waals surface area contributed by atoms with Crippen LogP contribution in [0.5, 0.6) is 11.5 Å². The van der Waals surface area contributed by atoms with Crippen molar-refractivity contribution in [1.29, 1.82) is 0 Å². The highest BCUT2D eigenvalue weighted by Crippen LogP contribution is 2.41. The lowest BCUT2D eigenvalue weighted by Crippen LogP contribution is -2.41. The number of hydrogen-bond acceptors (Lipinski definition) is 7. The second kappa shape index (κ2) is 10.6. The third-order valence-corrected chi connectivity index (χ3v) is 10.2. The van der Waals surface area contributed by atoms with Crippen LogP contribution in [-0.4, -0.2) is 68.7 Å². The topological polar surface area (TPSA) is 144 Å². The van der Waals surface area contributed by atoms with Gasteiger partial charge in [-0.25, -0.2) is 9.97 Å². The minimum absolute atomic E-state index is 0.0195. The van der Waals surface area contributed by atoms with Gasteiger partial charge < -0.3 is 35.0 Å². The SMILES string of the molecule is COc1cc(C(N)=O)ccc1-c1ccc2cc(-c3nc4cc(C(=O)N5C[C@H]6CC[C@@H]5[C@@H]6N)cc(OC)c4n3C)n(CC3CC3)c2n1. The number of carbonyl (C=O) groups excluding carboxylic acids is 2. The van der Waals surface area contributed by atoms with Gasteiger partial charge in [0.15, 0.2) is 5.82 Å². The standard InChI is InChI=1S/C35H37N7O4/c1-40-31-25(12-22(15-29(31)46-3)35(44)42-17-21-8-11-26(42)30(21)36)39-34(40)27-13-20-7-10-24(38-33(20)41(27)16-18-4-5-18)23-9-6-19(32(37)43)14-28(23)45-2/h6-7,9-10,12-15,18,21,26,30H,4-5,8,11,16-17,36H2,1-3H3,(H2,37,43)/t21-,26-,30-/m1/s1. The van der Waals surface area contributed by atoms with Crippen molar-refractivity contribution in [1.82, 2.24) is 24.0 Å². The summed E-state index contributed by atoms with van der Waals surface area (Å²) in [5.74, 6) is 2.31. The van der Waals surface area contributed by atoms with Gasteiger partial charge in [0.25, 0.3) is 5.91 Å². The number of carbonyl (C=O) groups is 2. The van der Waals surface area contributed by atoms with Gasteiger partial charge in [-0.3, -0.25) is 9.59 Å². The summed E-state index contributed by atoms with van der Waals surface area (Å²) >= 11 is 0. The van der Waals surface area contributed by atoms with Gasteiger partial charge >= 0.3 is 0 Å². The van der Waals surface area contributed by atoms with Gasteiger partial charge in [-0.05, 0) is 86.1 Å². The quantitative estimate of drug-likeness (QED) is 0.263. The zero-order valence-corrected chi connectivity index (χ0v) is 26.2. The van der Waals surface area contributed by atoms with E-state index < -0.39 is 5.91 Å². The molecule has 236 valence electrons. The van der Waals surface area contributed by atoms with E-state index in [1.54, 1.807) is 26.4 Å². The average Bonchev–Trinajstić information content (AvgIpc) is 3.47. The summed E-state index contributed by atoms with van der Waals surface area (Å²) in [5.41, 5.74) is 17.7. The van der Waals surface area contributed by atoms with Crippen LogP contribution in [-0.2, 0) is 13.6 Å². The smallest absolute Gasteiger partial charge is 0.254 e. The number of imidazole rings is 1. The van der Waals surface area contributed by atoms with E-state index in [4.69, 9.17) is 30.9 Å². The molecule has 0 radical (unpaired) electrons. The number of rotatable bonds is 8. The molecule has 11 nitrogen and oxygen atoms in total. The van der Waals surface area contributed by atoms with Crippen molar-refractivity contribution in [3.63, 3.8) is 0 Å². The molecule has 2 aromatic carbocycles. The average molecular weight is 620 g/mol. The lowest BCUT2D eigenvalue weighted by Gasteiger charge is -2.27. The van der Waals surface area contributed by atoms with Crippen molar-refractivity contribution in [2.24, 2.45) is 30.4 Å². The van der Waals surface area contributed by atoms with Gasteiger partial charge in [-0.1, -0.05) is 0 Å². The molecule has 46 heavy (non-hydrogen) atoms. The number of nitrogens with two attached hydrogens (primary N) is 2. The Morgan fingerprint density at radius 3 is 2.39 bits per heavy atom. The van der Waals surface area contributed by atoms with E-state index in [1.807, 2.05) is 40.8 Å². The summed E-state index contributed by atoms with van der Waals surface area (Å²) in [6.45, 7) is 1.52. The molecule has 2 saturated carbocycles. The fraction of sp³-hybridized carbons (Fsp3) is 0.371. The largest absolute Gasteiger partial charge is 0.496 e. The molecule has 5 aromatic rings. The fourth-order valence-corrected chi connectivity index (χ4v) is 7.53. The Balaban J connectivity index is 1.24. The van der Waals surface area contributed by atoms with Crippen molar-refractivity contribution in [3.05, 3.63) is 59.7 Å². The number of hydrogen-bond donors (Lipinski definition) is 2. The molecule has 4 N–H and O–H groups in total. The van der Waals surface area contributed by atoms with Gasteiger partial charge in [0, 0.05) is 54.3 Å². The molecule has 3 fully saturated rings. The van der Waals surface area contributed by atoms with E-state index in [9.17, 15) is 9.59 Å². The monoisotopic (exact) mass is 619 g/mol. The predicted octanol–water partition coefficient (Wildman–Crippen LogP) is 4.34. The van der Waals surface area contributed by atoms with Crippen LogP contribution in [0.1, 0.15) is 46.4 Å². The molecule has 0 spiro atoms. The number of aryl methyl sites for hydroxylation is 1. The molecule has 11 heteroatoms. The Bertz CT molecular complexity index is 2060. The number of aromatic nitrogens is 4. The molecule has 3 aliphatic rings. The van der Waals surface area contributed by atoms with Gasteiger partial charge in [-0.15, -0.1) is 0 Å². The maximum Gasteiger partial charge on any atom is 0.254 e. The summed E-state index contributed by atoms with van der Waals surface area (Å²) < 4.78 is 15.8. The number of fused-ring (bicyclic) bond motifs is 4. The number of nitrogens with zero attached hydrogens (tertiary/aromatic N) is 5. The van der Waals surface area contributed by atoms with Crippen LogP contribution in [0.25, 0.3) is 44.8 Å². The lowest BCUT2D eigenvalue weighted by molar-refractivity contribution is 0.0700. The summed E-state index contributed by atoms with van der Waals surface area (Å²) in [6, 6.07) is 15.2. The number of ether oxygens (including phenoxy) is 2. The minimum atomic E-state index is -0.515. The molecule has 8 rings (SSSR count). The van der Waals surface area contributed by atoms with Crippen LogP contribution >= 0.6 is 0 Å². The van der Waals surface area contributed by atoms with Crippen LogP contribution < -0.4 is 20.9 Å². The summed E-state index contributed by atoms with van der Waals surface area (Å²) in [7, 11) is 5.18. The highest BCUT2D eigenvalue weighted by Gasteiger charge is 2.47. The second-order valence-corrected chi connectivity index (χ2v) is 13.0. The summed E-state index contributed by atoms with van der Waals surface area (Å²) in [5, 5.41) is 0.988. The highest BCUT2D eigenvalue weighted by atomic mass is 16.5. The first-order valence-electron chi connectivity index (χ1n) is 15.9. The molecule has 3 atom stereocenters. The number of benzene rings is 2. The van der Waals surface area contributed by atoms with E-state index in [2.05, 4.69) is 16.7 Å². The van der Waals surface area contributed by atoms with Crippen LogP contribution in [0.4, 0.5) is 0 Å².